The molecule has 1 saturated heterocycles. The van der Waals surface area contributed by atoms with Gasteiger partial charge in [0.15, 0.2) is 0 Å². The van der Waals surface area contributed by atoms with Gasteiger partial charge in [-0.15, -0.1) is 0 Å². The molecule has 6 nitrogen and oxygen atoms in total. The number of rotatable bonds is 7. The predicted molar refractivity (Wildman–Crippen MR) is 88.4 cm³/mol. The maximum atomic E-state index is 10.7. The molecule has 2 rings (SSSR count). The van der Waals surface area contributed by atoms with E-state index in [0.717, 1.165) is 31.8 Å². The standard InChI is InChI=1S/C18H30O6/c1-10(6-16(20)21)5-15-18(23)17(22)14(9-24-15)8-13-4-3-12(13)7-11(2)19/h6,11-15,17-19,22-23H,3-5,7-9H2,1-2H3,(H,20,21)/b10-6+/t11-,12-,13-,14-,15-,17+,18-/m0/s1. The van der Waals surface area contributed by atoms with Crippen molar-refractivity contribution in [3.8, 4) is 0 Å². The monoisotopic (exact) mass is 342 g/mol. The first-order valence-corrected chi connectivity index (χ1v) is 8.83. The van der Waals surface area contributed by atoms with E-state index in [1.165, 1.54) is 0 Å². The summed E-state index contributed by atoms with van der Waals surface area (Å²) >= 11 is 0. The van der Waals surface area contributed by atoms with Gasteiger partial charge in [-0.3, -0.25) is 0 Å². The zero-order chi connectivity index (χ0) is 17.9. The average molecular weight is 342 g/mol. The minimum atomic E-state index is -1.02. The van der Waals surface area contributed by atoms with Gasteiger partial charge in [-0.1, -0.05) is 5.57 Å². The summed E-state index contributed by atoms with van der Waals surface area (Å²) in [4.78, 5) is 10.7. The van der Waals surface area contributed by atoms with Gasteiger partial charge < -0.3 is 25.2 Å². The number of aliphatic carboxylic acids is 1. The van der Waals surface area contributed by atoms with Gasteiger partial charge >= 0.3 is 5.97 Å². The van der Waals surface area contributed by atoms with Crippen molar-refractivity contribution in [3.05, 3.63) is 11.6 Å². The third kappa shape index (κ3) is 5.02. The van der Waals surface area contributed by atoms with Crippen LogP contribution in [0.4, 0.5) is 0 Å². The smallest absolute Gasteiger partial charge is 0.328 e. The van der Waals surface area contributed by atoms with Crippen LogP contribution >= 0.6 is 0 Å². The lowest BCUT2D eigenvalue weighted by molar-refractivity contribution is -0.169. The summed E-state index contributed by atoms with van der Waals surface area (Å²) in [5, 5.41) is 39.0. The Morgan fingerprint density at radius 1 is 1.21 bits per heavy atom. The number of aliphatic hydroxyl groups excluding tert-OH is 3. The molecule has 4 N–H and O–H groups in total. The van der Waals surface area contributed by atoms with Crippen LogP contribution < -0.4 is 0 Å². The highest BCUT2D eigenvalue weighted by atomic mass is 16.5. The van der Waals surface area contributed by atoms with Crippen molar-refractivity contribution in [2.45, 2.75) is 70.4 Å². The van der Waals surface area contributed by atoms with E-state index in [-0.39, 0.29) is 12.0 Å². The van der Waals surface area contributed by atoms with Crippen LogP contribution in [0.3, 0.4) is 0 Å². The molecule has 6 heteroatoms. The van der Waals surface area contributed by atoms with Crippen molar-refractivity contribution in [1.82, 2.24) is 0 Å². The molecule has 2 fully saturated rings. The van der Waals surface area contributed by atoms with E-state index in [0.29, 0.717) is 30.4 Å². The van der Waals surface area contributed by atoms with Crippen molar-refractivity contribution in [2.75, 3.05) is 6.61 Å². The van der Waals surface area contributed by atoms with Gasteiger partial charge in [0, 0.05) is 12.0 Å². The molecule has 1 aliphatic carbocycles. The molecule has 0 unspecified atom stereocenters. The van der Waals surface area contributed by atoms with E-state index in [9.17, 15) is 20.1 Å². The normalized spacial score (nSPS) is 38.5. The third-order valence-corrected chi connectivity index (χ3v) is 5.46. The lowest BCUT2D eigenvalue weighted by Crippen LogP contribution is -2.51. The quantitative estimate of drug-likeness (QED) is 0.520. The van der Waals surface area contributed by atoms with Crippen LogP contribution in [0.2, 0.25) is 0 Å². The first-order chi connectivity index (χ1) is 11.3. The Hall–Kier alpha value is -0.950. The molecule has 24 heavy (non-hydrogen) atoms. The number of carboxylic acids is 1. The number of carbonyl (C=O) groups is 1. The first kappa shape index (κ1) is 19.4. The summed E-state index contributed by atoms with van der Waals surface area (Å²) in [7, 11) is 0. The number of carboxylic acid groups (broad SMARTS) is 1. The minimum Gasteiger partial charge on any atom is -0.478 e. The van der Waals surface area contributed by atoms with Gasteiger partial charge in [0.2, 0.25) is 0 Å². The number of ether oxygens (including phenoxy) is 1. The Balaban J connectivity index is 1.86. The van der Waals surface area contributed by atoms with Crippen LogP contribution in [0.25, 0.3) is 0 Å². The molecular formula is C18H30O6. The SMILES string of the molecule is C/C(=C\C(=O)O)C[C@@H]1OC[C@H](C[C@@H]2CC[C@H]2C[C@H](C)O)[C@@H](O)[C@H]1O. The van der Waals surface area contributed by atoms with E-state index in [4.69, 9.17) is 9.84 Å². The Morgan fingerprint density at radius 2 is 1.88 bits per heavy atom. The van der Waals surface area contributed by atoms with Crippen molar-refractivity contribution < 1.29 is 30.0 Å². The summed E-state index contributed by atoms with van der Waals surface area (Å²) in [6.07, 6.45) is 2.47. The summed E-state index contributed by atoms with van der Waals surface area (Å²) < 4.78 is 5.72. The summed E-state index contributed by atoms with van der Waals surface area (Å²) in [5.74, 6) is -0.166. The summed E-state index contributed by atoms with van der Waals surface area (Å²) in [5.41, 5.74) is 0.605. The summed E-state index contributed by atoms with van der Waals surface area (Å²) in [6, 6.07) is 0. The molecule has 1 heterocycles. The van der Waals surface area contributed by atoms with Crippen molar-refractivity contribution in [3.63, 3.8) is 0 Å². The number of hydrogen-bond acceptors (Lipinski definition) is 5. The fourth-order valence-corrected chi connectivity index (χ4v) is 4.00. The summed E-state index contributed by atoms with van der Waals surface area (Å²) in [6.45, 7) is 3.86. The van der Waals surface area contributed by atoms with Gasteiger partial charge in [0.05, 0.1) is 24.9 Å². The van der Waals surface area contributed by atoms with Gasteiger partial charge in [0.25, 0.3) is 0 Å². The first-order valence-electron chi connectivity index (χ1n) is 8.83. The van der Waals surface area contributed by atoms with Gasteiger partial charge in [-0.25, -0.2) is 4.79 Å². The topological polar surface area (TPSA) is 107 Å². The van der Waals surface area contributed by atoms with Crippen LogP contribution in [-0.2, 0) is 9.53 Å². The number of hydrogen-bond donors (Lipinski definition) is 4. The highest BCUT2D eigenvalue weighted by molar-refractivity contribution is 5.80. The van der Waals surface area contributed by atoms with E-state index in [2.05, 4.69) is 0 Å². The fraction of sp³-hybridized carbons (Fsp3) is 0.833. The predicted octanol–water partition coefficient (Wildman–Crippen LogP) is 1.33. The van der Waals surface area contributed by atoms with Crippen LogP contribution in [0, 0.1) is 17.8 Å². The molecular weight excluding hydrogens is 312 g/mol. The lowest BCUT2D eigenvalue weighted by atomic mass is 9.66. The Bertz CT molecular complexity index is 460. The van der Waals surface area contributed by atoms with E-state index >= 15 is 0 Å². The van der Waals surface area contributed by atoms with E-state index in [1.807, 2.05) is 0 Å². The molecule has 0 aromatic heterocycles. The molecule has 2 aliphatic rings. The zero-order valence-electron chi connectivity index (χ0n) is 14.5. The Labute approximate surface area is 143 Å². The Kier molecular flexibility index (Phi) is 6.80. The van der Waals surface area contributed by atoms with Crippen LogP contribution in [0.15, 0.2) is 11.6 Å². The van der Waals surface area contributed by atoms with E-state index < -0.39 is 24.3 Å². The second kappa shape index (κ2) is 8.43. The molecule has 0 spiro atoms. The Morgan fingerprint density at radius 3 is 2.42 bits per heavy atom. The highest BCUT2D eigenvalue weighted by Crippen LogP contribution is 2.43. The molecule has 1 aliphatic heterocycles. The average Bonchev–Trinajstić information content (AvgIpc) is 2.47. The van der Waals surface area contributed by atoms with Crippen molar-refractivity contribution >= 4 is 5.97 Å². The molecule has 7 atom stereocenters. The fourth-order valence-electron chi connectivity index (χ4n) is 4.00. The molecule has 0 aromatic carbocycles. The zero-order valence-corrected chi connectivity index (χ0v) is 14.5. The molecule has 1 saturated carbocycles. The molecule has 0 bridgehead atoms. The number of aliphatic hydroxyl groups is 3. The maximum Gasteiger partial charge on any atom is 0.328 e. The third-order valence-electron chi connectivity index (χ3n) is 5.46. The molecule has 0 aromatic rings. The minimum absolute atomic E-state index is 0.109. The largest absolute Gasteiger partial charge is 0.478 e. The molecule has 138 valence electrons. The second-order valence-corrected chi connectivity index (χ2v) is 7.56. The van der Waals surface area contributed by atoms with Gasteiger partial charge in [-0.2, -0.15) is 0 Å². The van der Waals surface area contributed by atoms with Crippen molar-refractivity contribution in [2.24, 2.45) is 17.8 Å². The van der Waals surface area contributed by atoms with E-state index in [1.54, 1.807) is 13.8 Å². The second-order valence-electron chi connectivity index (χ2n) is 7.56. The van der Waals surface area contributed by atoms with Crippen LogP contribution in [0.1, 0.15) is 46.0 Å². The lowest BCUT2D eigenvalue weighted by Gasteiger charge is -2.44. The van der Waals surface area contributed by atoms with Crippen molar-refractivity contribution in [1.29, 1.82) is 0 Å². The van der Waals surface area contributed by atoms with Gasteiger partial charge in [-0.05, 0) is 57.8 Å². The molecule has 0 amide bonds. The maximum absolute atomic E-state index is 10.7. The van der Waals surface area contributed by atoms with Crippen LogP contribution in [0.5, 0.6) is 0 Å². The molecule has 0 radical (unpaired) electrons. The van der Waals surface area contributed by atoms with Crippen LogP contribution in [-0.4, -0.2) is 57.4 Å². The van der Waals surface area contributed by atoms with Gasteiger partial charge in [0.1, 0.15) is 6.10 Å². The highest BCUT2D eigenvalue weighted by Gasteiger charge is 2.41.